The van der Waals surface area contributed by atoms with Crippen LogP contribution in [0.1, 0.15) is 43.2 Å². The van der Waals surface area contributed by atoms with E-state index in [-0.39, 0.29) is 17.0 Å². The van der Waals surface area contributed by atoms with Crippen LogP contribution in [0.2, 0.25) is 0 Å². The Hall–Kier alpha value is -1.71. The highest BCUT2D eigenvalue weighted by atomic mass is 19.1. The number of hydrogen-bond donors (Lipinski definition) is 0. The van der Waals surface area contributed by atoms with Crippen molar-refractivity contribution in [2.75, 3.05) is 7.11 Å². The highest BCUT2D eigenvalue weighted by Gasteiger charge is 2.45. The summed E-state index contributed by atoms with van der Waals surface area (Å²) in [6.07, 6.45) is 4.41. The number of fused-ring (bicyclic) bond motifs is 2. The Morgan fingerprint density at radius 1 is 1.38 bits per heavy atom. The molecule has 1 aromatic carbocycles. The zero-order valence-electron chi connectivity index (χ0n) is 12.2. The Morgan fingerprint density at radius 3 is 2.90 bits per heavy atom. The summed E-state index contributed by atoms with van der Waals surface area (Å²) in [7, 11) is 1.31. The Bertz CT molecular complexity index is 596. The summed E-state index contributed by atoms with van der Waals surface area (Å²) in [6, 6.07) is 4.91. The lowest BCUT2D eigenvalue weighted by atomic mass is 9.60. The quantitative estimate of drug-likeness (QED) is 0.590. The molecule has 0 radical (unpaired) electrons. The maximum Gasteiger partial charge on any atom is 0.316 e. The summed E-state index contributed by atoms with van der Waals surface area (Å²) in [4.78, 5) is 24.0. The maximum atomic E-state index is 13.6. The summed E-state index contributed by atoms with van der Waals surface area (Å²) in [5.41, 5.74) is 1.84. The van der Waals surface area contributed by atoms with Crippen LogP contribution in [0.15, 0.2) is 18.2 Å². The topological polar surface area (TPSA) is 43.4 Å². The molecule has 0 N–H and O–H groups in total. The van der Waals surface area contributed by atoms with E-state index in [0.29, 0.717) is 12.8 Å². The molecular formula is C17H19FO3. The van der Waals surface area contributed by atoms with Gasteiger partial charge in [-0.2, -0.15) is 0 Å². The maximum absolute atomic E-state index is 13.6. The van der Waals surface area contributed by atoms with Crippen molar-refractivity contribution in [2.24, 2.45) is 5.92 Å². The molecule has 21 heavy (non-hydrogen) atoms. The molecule has 4 heteroatoms. The molecule has 0 saturated heterocycles. The van der Waals surface area contributed by atoms with Crippen LogP contribution in [0.3, 0.4) is 0 Å². The number of esters is 1. The molecule has 2 atom stereocenters. The smallest absolute Gasteiger partial charge is 0.316 e. The number of halogens is 1. The van der Waals surface area contributed by atoms with Crippen molar-refractivity contribution in [2.45, 2.75) is 43.9 Å². The molecule has 0 aliphatic heterocycles. The fourth-order valence-electron chi connectivity index (χ4n) is 3.97. The lowest BCUT2D eigenvalue weighted by Crippen LogP contribution is -2.42. The standard InChI is InChI=1S/C17H19FO3/c1-21-16(20)13-6-8-17(10-15(13)19)7-2-3-11-4-5-12(18)9-14(11)17/h4-5,9,13H,2-3,6-8,10H2,1H3. The van der Waals surface area contributed by atoms with Crippen LogP contribution in [-0.2, 0) is 26.2 Å². The lowest BCUT2D eigenvalue weighted by Gasteiger charge is -2.43. The normalized spacial score (nSPS) is 28.3. The first-order chi connectivity index (χ1) is 10.1. The third-order valence-corrected chi connectivity index (χ3v) is 5.04. The molecular weight excluding hydrogens is 271 g/mol. The first kappa shape index (κ1) is 14.2. The Balaban J connectivity index is 1.93. The Labute approximate surface area is 123 Å². The Kier molecular flexibility index (Phi) is 3.56. The second-order valence-electron chi connectivity index (χ2n) is 6.19. The molecule has 0 aromatic heterocycles. The van der Waals surface area contributed by atoms with Crippen LogP contribution in [-0.4, -0.2) is 18.9 Å². The number of benzene rings is 1. The number of hydrogen-bond acceptors (Lipinski definition) is 3. The molecule has 2 unspecified atom stereocenters. The lowest BCUT2D eigenvalue weighted by molar-refractivity contribution is -0.151. The van der Waals surface area contributed by atoms with Crippen molar-refractivity contribution in [3.8, 4) is 0 Å². The SMILES string of the molecule is COC(=O)C1CCC2(CCCc3ccc(F)cc32)CC1=O. The van der Waals surface area contributed by atoms with Crippen molar-refractivity contribution in [3.63, 3.8) is 0 Å². The minimum absolute atomic E-state index is 0.0646. The van der Waals surface area contributed by atoms with E-state index in [1.165, 1.54) is 13.2 Å². The average molecular weight is 290 g/mol. The molecule has 0 amide bonds. The summed E-state index contributed by atoms with van der Waals surface area (Å²) in [5.74, 6) is -1.40. The van der Waals surface area contributed by atoms with Gasteiger partial charge in [0.1, 0.15) is 17.5 Å². The van der Waals surface area contributed by atoms with Gasteiger partial charge in [-0.25, -0.2) is 4.39 Å². The van der Waals surface area contributed by atoms with Gasteiger partial charge in [0, 0.05) is 11.8 Å². The van der Waals surface area contributed by atoms with E-state index >= 15 is 0 Å². The second-order valence-corrected chi connectivity index (χ2v) is 6.19. The van der Waals surface area contributed by atoms with Gasteiger partial charge in [0.05, 0.1) is 7.11 Å². The summed E-state index contributed by atoms with van der Waals surface area (Å²) < 4.78 is 18.3. The summed E-state index contributed by atoms with van der Waals surface area (Å²) in [6.45, 7) is 0. The largest absolute Gasteiger partial charge is 0.468 e. The molecule has 0 heterocycles. The fourth-order valence-corrected chi connectivity index (χ4v) is 3.97. The first-order valence-corrected chi connectivity index (χ1v) is 7.45. The number of Topliss-reactive ketones (excluding diaryl/α,β-unsaturated/α-hetero) is 1. The van der Waals surface area contributed by atoms with Gasteiger partial charge in [-0.3, -0.25) is 9.59 Å². The molecule has 2 aliphatic carbocycles. The van der Waals surface area contributed by atoms with Crippen molar-refractivity contribution in [3.05, 3.63) is 35.1 Å². The molecule has 1 spiro atoms. The van der Waals surface area contributed by atoms with Crippen LogP contribution in [0.25, 0.3) is 0 Å². The van der Waals surface area contributed by atoms with Gasteiger partial charge in [-0.05, 0) is 55.4 Å². The number of carbonyl (C=O) groups is 2. The van der Waals surface area contributed by atoms with Crippen molar-refractivity contribution in [1.82, 2.24) is 0 Å². The van der Waals surface area contributed by atoms with Crippen LogP contribution in [0, 0.1) is 11.7 Å². The molecule has 1 saturated carbocycles. The predicted octanol–water partition coefficient (Wildman–Crippen LogP) is 2.94. The van der Waals surface area contributed by atoms with E-state index in [4.69, 9.17) is 4.74 Å². The van der Waals surface area contributed by atoms with Crippen molar-refractivity contribution in [1.29, 1.82) is 0 Å². The van der Waals surface area contributed by atoms with Crippen LogP contribution >= 0.6 is 0 Å². The van der Waals surface area contributed by atoms with Gasteiger partial charge in [0.2, 0.25) is 0 Å². The highest BCUT2D eigenvalue weighted by Crippen LogP contribution is 2.47. The number of methoxy groups -OCH3 is 1. The highest BCUT2D eigenvalue weighted by molar-refractivity contribution is 6.00. The number of rotatable bonds is 1. The zero-order valence-corrected chi connectivity index (χ0v) is 12.2. The van der Waals surface area contributed by atoms with Gasteiger partial charge < -0.3 is 4.74 Å². The van der Waals surface area contributed by atoms with Crippen molar-refractivity contribution >= 4 is 11.8 Å². The van der Waals surface area contributed by atoms with Crippen LogP contribution < -0.4 is 0 Å². The Morgan fingerprint density at radius 2 is 2.19 bits per heavy atom. The van der Waals surface area contributed by atoms with Gasteiger partial charge in [-0.15, -0.1) is 0 Å². The van der Waals surface area contributed by atoms with E-state index in [9.17, 15) is 14.0 Å². The summed E-state index contributed by atoms with van der Waals surface area (Å²) >= 11 is 0. The fraction of sp³-hybridized carbons (Fsp3) is 0.529. The van der Waals surface area contributed by atoms with Gasteiger partial charge >= 0.3 is 5.97 Å². The number of ether oxygens (including phenoxy) is 1. The van der Waals surface area contributed by atoms with E-state index in [0.717, 1.165) is 36.8 Å². The first-order valence-electron chi connectivity index (χ1n) is 7.45. The third-order valence-electron chi connectivity index (χ3n) is 5.04. The van der Waals surface area contributed by atoms with Gasteiger partial charge in [-0.1, -0.05) is 6.07 Å². The monoisotopic (exact) mass is 290 g/mol. The van der Waals surface area contributed by atoms with E-state index in [1.54, 1.807) is 6.07 Å². The molecule has 1 aromatic rings. The second kappa shape index (κ2) is 5.24. The number of ketones is 1. The molecule has 0 bridgehead atoms. The summed E-state index contributed by atoms with van der Waals surface area (Å²) in [5, 5.41) is 0. The molecule has 2 aliphatic rings. The third kappa shape index (κ3) is 2.37. The molecule has 3 nitrogen and oxygen atoms in total. The number of aryl methyl sites for hydroxylation is 1. The zero-order chi connectivity index (χ0) is 15.0. The van der Waals surface area contributed by atoms with Gasteiger partial charge in [0.25, 0.3) is 0 Å². The predicted molar refractivity (Wildman–Crippen MR) is 75.4 cm³/mol. The molecule has 112 valence electrons. The minimum Gasteiger partial charge on any atom is -0.468 e. The molecule has 1 fully saturated rings. The van der Waals surface area contributed by atoms with E-state index < -0.39 is 11.9 Å². The minimum atomic E-state index is -0.639. The number of carbonyl (C=O) groups excluding carboxylic acids is 2. The average Bonchev–Trinajstić information content (AvgIpc) is 2.48. The van der Waals surface area contributed by atoms with E-state index in [1.807, 2.05) is 6.07 Å². The van der Waals surface area contributed by atoms with Crippen molar-refractivity contribution < 1.29 is 18.7 Å². The van der Waals surface area contributed by atoms with Crippen LogP contribution in [0.4, 0.5) is 4.39 Å². The molecule has 3 rings (SSSR count). The van der Waals surface area contributed by atoms with Gasteiger partial charge in [0.15, 0.2) is 0 Å². The van der Waals surface area contributed by atoms with Crippen LogP contribution in [0.5, 0.6) is 0 Å². The van der Waals surface area contributed by atoms with E-state index in [2.05, 4.69) is 0 Å².